The molecule has 0 unspecified atom stereocenters. The molecule has 1 aromatic carbocycles. The van der Waals surface area contributed by atoms with Gasteiger partial charge >= 0.3 is 0 Å². The van der Waals surface area contributed by atoms with Crippen molar-refractivity contribution in [2.24, 2.45) is 0 Å². The molecule has 1 aliphatic carbocycles. The van der Waals surface area contributed by atoms with Gasteiger partial charge in [0.1, 0.15) is 0 Å². The summed E-state index contributed by atoms with van der Waals surface area (Å²) in [6.45, 7) is 1.87. The summed E-state index contributed by atoms with van der Waals surface area (Å²) >= 11 is 0. The van der Waals surface area contributed by atoms with Gasteiger partial charge < -0.3 is 0 Å². The standard InChI is InChI=1S/C16H12NO3/c1-10-5-4-8-17(9-10)13-14(18)11-6-2-3-7-12(11)15(19)16(13)20/h2-9,13H,1H3/q+1/t13-/m0/s1. The summed E-state index contributed by atoms with van der Waals surface area (Å²) in [7, 11) is 0. The highest BCUT2D eigenvalue weighted by atomic mass is 16.2. The first kappa shape index (κ1) is 12.4. The molecule has 0 saturated heterocycles. The van der Waals surface area contributed by atoms with E-state index in [1.54, 1.807) is 36.7 Å². The van der Waals surface area contributed by atoms with Crippen LogP contribution in [0.15, 0.2) is 48.8 Å². The fourth-order valence-corrected chi connectivity index (χ4v) is 2.47. The van der Waals surface area contributed by atoms with Crippen molar-refractivity contribution in [1.29, 1.82) is 0 Å². The Morgan fingerprint density at radius 3 is 2.30 bits per heavy atom. The lowest BCUT2D eigenvalue weighted by molar-refractivity contribution is -0.694. The normalized spacial score (nSPS) is 18.1. The van der Waals surface area contributed by atoms with Crippen LogP contribution in [-0.2, 0) is 4.79 Å². The minimum atomic E-state index is -1.09. The van der Waals surface area contributed by atoms with Crippen LogP contribution < -0.4 is 4.57 Å². The van der Waals surface area contributed by atoms with E-state index < -0.39 is 17.6 Å². The molecule has 0 N–H and O–H groups in total. The molecule has 0 radical (unpaired) electrons. The highest BCUT2D eigenvalue weighted by Gasteiger charge is 2.46. The van der Waals surface area contributed by atoms with Gasteiger partial charge in [0.05, 0.1) is 0 Å². The molecule has 4 nitrogen and oxygen atoms in total. The van der Waals surface area contributed by atoms with E-state index in [-0.39, 0.29) is 11.3 Å². The lowest BCUT2D eigenvalue weighted by Gasteiger charge is -2.17. The number of benzene rings is 1. The van der Waals surface area contributed by atoms with Crippen LogP contribution in [0.3, 0.4) is 0 Å². The molecule has 1 atom stereocenters. The van der Waals surface area contributed by atoms with Gasteiger partial charge in [-0.25, -0.2) is 0 Å². The number of ketones is 3. The molecular weight excluding hydrogens is 254 g/mol. The number of carbonyl (C=O) groups is 3. The Kier molecular flexibility index (Phi) is 2.79. The van der Waals surface area contributed by atoms with Gasteiger partial charge in [0.25, 0.3) is 11.8 Å². The highest BCUT2D eigenvalue weighted by Crippen LogP contribution is 2.23. The van der Waals surface area contributed by atoms with Gasteiger partial charge in [-0.3, -0.25) is 14.4 Å². The molecule has 0 spiro atoms. The number of aryl methyl sites for hydroxylation is 1. The monoisotopic (exact) mass is 266 g/mol. The first-order valence-corrected chi connectivity index (χ1v) is 6.29. The number of aromatic nitrogens is 1. The van der Waals surface area contributed by atoms with E-state index in [1.165, 1.54) is 10.6 Å². The highest BCUT2D eigenvalue weighted by molar-refractivity contribution is 6.52. The number of carbonyl (C=O) groups excluding carboxylic acids is 3. The molecule has 98 valence electrons. The second kappa shape index (κ2) is 4.49. The zero-order chi connectivity index (χ0) is 14.3. The molecule has 1 aliphatic rings. The number of hydrogen-bond donors (Lipinski definition) is 0. The van der Waals surface area contributed by atoms with Crippen molar-refractivity contribution in [3.63, 3.8) is 0 Å². The maximum atomic E-state index is 12.5. The fourth-order valence-electron chi connectivity index (χ4n) is 2.47. The van der Waals surface area contributed by atoms with Crippen molar-refractivity contribution in [2.75, 3.05) is 0 Å². The first-order chi connectivity index (χ1) is 9.59. The van der Waals surface area contributed by atoms with Crippen LogP contribution in [0, 0.1) is 6.92 Å². The molecular formula is C16H12NO3+. The Bertz CT molecular complexity index is 749. The quantitative estimate of drug-likeness (QED) is 0.446. The Balaban J connectivity index is 2.17. The summed E-state index contributed by atoms with van der Waals surface area (Å²) in [5, 5.41) is 0. The summed E-state index contributed by atoms with van der Waals surface area (Å²) in [4.78, 5) is 36.8. The molecule has 20 heavy (non-hydrogen) atoms. The van der Waals surface area contributed by atoms with Crippen LogP contribution in [-0.4, -0.2) is 17.3 Å². The van der Waals surface area contributed by atoms with E-state index in [4.69, 9.17) is 0 Å². The smallest absolute Gasteiger partial charge is 0.286 e. The van der Waals surface area contributed by atoms with Gasteiger partial charge in [0.15, 0.2) is 12.4 Å². The molecule has 3 rings (SSSR count). The Labute approximate surface area is 115 Å². The summed E-state index contributed by atoms with van der Waals surface area (Å²) in [6.07, 6.45) is 3.33. The van der Waals surface area contributed by atoms with Crippen molar-refractivity contribution in [3.8, 4) is 0 Å². The number of hydrogen-bond acceptors (Lipinski definition) is 3. The molecule has 1 heterocycles. The molecule has 0 amide bonds. The van der Waals surface area contributed by atoms with Crippen molar-refractivity contribution in [2.45, 2.75) is 13.0 Å². The molecule has 1 aromatic heterocycles. The minimum Gasteiger partial charge on any atom is -0.286 e. The van der Waals surface area contributed by atoms with Crippen LogP contribution in [0.5, 0.6) is 0 Å². The zero-order valence-corrected chi connectivity index (χ0v) is 10.9. The zero-order valence-electron chi connectivity index (χ0n) is 10.9. The molecule has 0 fully saturated rings. The second-order valence-electron chi connectivity index (χ2n) is 4.83. The van der Waals surface area contributed by atoms with Gasteiger partial charge in [-0.05, 0) is 13.0 Å². The number of pyridine rings is 1. The van der Waals surface area contributed by atoms with Crippen LogP contribution >= 0.6 is 0 Å². The van der Waals surface area contributed by atoms with Crippen LogP contribution in [0.1, 0.15) is 32.3 Å². The van der Waals surface area contributed by atoms with Crippen molar-refractivity contribution >= 4 is 17.3 Å². The number of Topliss-reactive ketones (excluding diaryl/α,β-unsaturated/α-hetero) is 3. The molecule has 0 bridgehead atoms. The molecule has 0 aliphatic heterocycles. The Morgan fingerprint density at radius 1 is 0.900 bits per heavy atom. The number of nitrogens with zero attached hydrogens (tertiary/aromatic N) is 1. The number of rotatable bonds is 1. The average Bonchev–Trinajstić information content (AvgIpc) is 2.45. The van der Waals surface area contributed by atoms with Crippen molar-refractivity contribution in [1.82, 2.24) is 0 Å². The van der Waals surface area contributed by atoms with Crippen LogP contribution in [0.2, 0.25) is 0 Å². The minimum absolute atomic E-state index is 0.201. The average molecular weight is 266 g/mol. The van der Waals surface area contributed by atoms with E-state index in [2.05, 4.69) is 0 Å². The van der Waals surface area contributed by atoms with Gasteiger partial charge in [0.2, 0.25) is 11.6 Å². The van der Waals surface area contributed by atoms with Gasteiger partial charge in [0, 0.05) is 22.8 Å². The second-order valence-corrected chi connectivity index (χ2v) is 4.83. The van der Waals surface area contributed by atoms with E-state index in [0.717, 1.165) is 5.56 Å². The van der Waals surface area contributed by atoms with Gasteiger partial charge in [-0.1, -0.05) is 24.3 Å². The fraction of sp³-hybridized carbons (Fsp3) is 0.125. The predicted molar refractivity (Wildman–Crippen MR) is 70.5 cm³/mol. The maximum absolute atomic E-state index is 12.5. The lowest BCUT2D eigenvalue weighted by Crippen LogP contribution is -2.52. The third-order valence-corrected chi connectivity index (χ3v) is 3.43. The molecule has 0 saturated carbocycles. The third-order valence-electron chi connectivity index (χ3n) is 3.43. The Morgan fingerprint density at radius 2 is 1.60 bits per heavy atom. The van der Waals surface area contributed by atoms with Gasteiger partial charge in [-0.15, -0.1) is 0 Å². The van der Waals surface area contributed by atoms with Crippen molar-refractivity contribution < 1.29 is 19.0 Å². The van der Waals surface area contributed by atoms with Crippen molar-refractivity contribution in [3.05, 3.63) is 65.5 Å². The summed E-state index contributed by atoms with van der Waals surface area (Å²) in [5.41, 5.74) is 1.43. The summed E-state index contributed by atoms with van der Waals surface area (Å²) in [5.74, 6) is -1.61. The van der Waals surface area contributed by atoms with E-state index in [9.17, 15) is 14.4 Å². The molecule has 4 heteroatoms. The SMILES string of the molecule is Cc1ccc[n+]([C@@H]2C(=O)C(=O)c3ccccc3C2=O)c1. The topological polar surface area (TPSA) is 55.1 Å². The largest absolute Gasteiger partial charge is 0.286 e. The van der Waals surface area contributed by atoms with E-state index >= 15 is 0 Å². The first-order valence-electron chi connectivity index (χ1n) is 6.29. The lowest BCUT2D eigenvalue weighted by atomic mass is 9.85. The third kappa shape index (κ3) is 1.77. The molecule has 2 aromatic rings. The van der Waals surface area contributed by atoms with E-state index in [0.29, 0.717) is 5.56 Å². The summed E-state index contributed by atoms with van der Waals surface area (Å²) < 4.78 is 1.51. The maximum Gasteiger partial charge on any atom is 0.286 e. The van der Waals surface area contributed by atoms with Gasteiger partial charge in [-0.2, -0.15) is 4.57 Å². The summed E-state index contributed by atoms with van der Waals surface area (Å²) in [6, 6.07) is 8.98. The predicted octanol–water partition coefficient (Wildman–Crippen LogP) is 1.47. The van der Waals surface area contributed by atoms with Crippen LogP contribution in [0.4, 0.5) is 0 Å². The number of fused-ring (bicyclic) bond motifs is 1. The van der Waals surface area contributed by atoms with E-state index in [1.807, 2.05) is 13.0 Å². The van der Waals surface area contributed by atoms with Crippen LogP contribution in [0.25, 0.3) is 0 Å². The Hall–Kier alpha value is -2.62.